The first-order chi connectivity index (χ1) is 15.3. The Hall–Kier alpha value is -2.38. The van der Waals surface area contributed by atoms with Gasteiger partial charge in [0.1, 0.15) is 11.9 Å². The van der Waals surface area contributed by atoms with Gasteiger partial charge in [0.25, 0.3) is 0 Å². The van der Waals surface area contributed by atoms with Crippen LogP contribution in [0.3, 0.4) is 0 Å². The van der Waals surface area contributed by atoms with Crippen molar-refractivity contribution < 1.29 is 18.0 Å². The van der Waals surface area contributed by atoms with E-state index in [0.717, 1.165) is 37.1 Å². The molecule has 1 atom stereocenters. The number of halogens is 1. The fourth-order valence-electron chi connectivity index (χ4n) is 3.74. The Kier molecular flexibility index (Phi) is 8.70. The highest BCUT2D eigenvalue weighted by Gasteiger charge is 2.45. The van der Waals surface area contributed by atoms with Crippen molar-refractivity contribution in [3.05, 3.63) is 70.7 Å². The van der Waals surface area contributed by atoms with Crippen LogP contribution in [0.1, 0.15) is 43.2 Å². The van der Waals surface area contributed by atoms with Crippen LogP contribution >= 0.6 is 11.6 Å². The predicted molar refractivity (Wildman–Crippen MR) is 126 cm³/mol. The van der Waals surface area contributed by atoms with Crippen LogP contribution < -0.4 is 5.32 Å². The minimum absolute atomic E-state index is 0.0595. The topological polar surface area (TPSA) is 83.6 Å². The molecule has 0 aromatic heterocycles. The lowest BCUT2D eigenvalue weighted by molar-refractivity contribution is -0.145. The number of nitrogens with zero attached hydrogens (tertiary/aromatic N) is 1. The van der Waals surface area contributed by atoms with Gasteiger partial charge in [-0.15, -0.1) is 0 Å². The number of carbonyl (C=O) groups is 2. The van der Waals surface area contributed by atoms with Gasteiger partial charge in [-0.2, -0.15) is 0 Å². The third kappa shape index (κ3) is 7.07. The van der Waals surface area contributed by atoms with Crippen LogP contribution in [0.4, 0.5) is 0 Å². The Morgan fingerprint density at radius 3 is 2.34 bits per heavy atom. The molecule has 1 aliphatic rings. The zero-order valence-corrected chi connectivity index (χ0v) is 19.6. The molecule has 32 heavy (non-hydrogen) atoms. The summed E-state index contributed by atoms with van der Waals surface area (Å²) >= 11 is 5.89. The maximum atomic E-state index is 12.7. The van der Waals surface area contributed by atoms with E-state index in [1.54, 1.807) is 24.3 Å². The van der Waals surface area contributed by atoms with E-state index >= 15 is 0 Å². The molecule has 2 aromatic carbocycles. The van der Waals surface area contributed by atoms with Crippen molar-refractivity contribution in [3.63, 3.8) is 0 Å². The van der Waals surface area contributed by atoms with Crippen LogP contribution in [0.5, 0.6) is 0 Å². The summed E-state index contributed by atoms with van der Waals surface area (Å²) in [6.45, 7) is 0.303. The third-order valence-corrected chi connectivity index (χ3v) is 7.82. The summed E-state index contributed by atoms with van der Waals surface area (Å²) in [5.41, 5.74) is 1.94. The Balaban J connectivity index is 1.33. The predicted octanol–water partition coefficient (Wildman–Crippen LogP) is 3.73. The SMILES string of the molecule is O=C(CN1C(=O)CC1S(=O)(=O)Cc1ccccc1)NCCCCCCc1ccc(Cl)cc1. The average Bonchev–Trinajstić information content (AvgIpc) is 2.76. The van der Waals surface area contributed by atoms with Crippen molar-refractivity contribution in [1.82, 2.24) is 10.2 Å². The summed E-state index contributed by atoms with van der Waals surface area (Å²) < 4.78 is 25.3. The minimum Gasteiger partial charge on any atom is -0.355 e. The number of hydrogen-bond donors (Lipinski definition) is 1. The van der Waals surface area contributed by atoms with Gasteiger partial charge in [0.05, 0.1) is 12.2 Å². The van der Waals surface area contributed by atoms with Crippen molar-refractivity contribution in [3.8, 4) is 0 Å². The van der Waals surface area contributed by atoms with Crippen LogP contribution in [0.2, 0.25) is 5.02 Å². The lowest BCUT2D eigenvalue weighted by Crippen LogP contribution is -2.59. The Bertz CT molecular complexity index is 1010. The fourth-order valence-corrected chi connectivity index (χ4v) is 5.69. The first-order valence-electron chi connectivity index (χ1n) is 10.9. The highest BCUT2D eigenvalue weighted by atomic mass is 35.5. The first-order valence-corrected chi connectivity index (χ1v) is 13.0. The molecular formula is C24H29ClN2O4S. The smallest absolute Gasteiger partial charge is 0.239 e. The summed E-state index contributed by atoms with van der Waals surface area (Å²) in [6, 6.07) is 16.7. The molecule has 172 valence electrons. The molecule has 1 fully saturated rings. The number of sulfone groups is 1. The van der Waals surface area contributed by atoms with E-state index in [9.17, 15) is 18.0 Å². The number of amides is 2. The number of likely N-dealkylation sites (tertiary alicyclic amines) is 1. The molecule has 1 heterocycles. The summed E-state index contributed by atoms with van der Waals surface area (Å²) in [6.07, 6.45) is 4.90. The van der Waals surface area contributed by atoms with Gasteiger partial charge in [-0.25, -0.2) is 8.42 Å². The molecule has 3 rings (SSSR count). The molecular weight excluding hydrogens is 448 g/mol. The summed E-state index contributed by atoms with van der Waals surface area (Å²) in [4.78, 5) is 25.3. The fraction of sp³-hybridized carbons (Fsp3) is 0.417. The van der Waals surface area contributed by atoms with E-state index in [4.69, 9.17) is 11.6 Å². The van der Waals surface area contributed by atoms with E-state index in [-0.39, 0.29) is 30.5 Å². The normalized spacial score (nSPS) is 16.0. The van der Waals surface area contributed by atoms with E-state index in [0.29, 0.717) is 12.1 Å². The standard InChI is InChI=1S/C24H29ClN2O4S/c25-21-13-11-19(12-14-21)8-4-1-2-7-15-26-22(28)17-27-23(29)16-24(27)32(30,31)18-20-9-5-3-6-10-20/h3,5-6,9-14,24H,1-2,4,7-8,15-18H2,(H,26,28). The van der Waals surface area contributed by atoms with Gasteiger partial charge in [-0.05, 0) is 42.5 Å². The molecule has 0 aliphatic carbocycles. The number of carbonyl (C=O) groups excluding carboxylic acids is 2. The summed E-state index contributed by atoms with van der Waals surface area (Å²) in [5, 5.41) is 2.61. The number of aryl methyl sites for hydroxylation is 1. The molecule has 1 aliphatic heterocycles. The van der Waals surface area contributed by atoms with Crippen LogP contribution in [0.15, 0.2) is 54.6 Å². The molecule has 2 amide bonds. The van der Waals surface area contributed by atoms with Gasteiger partial charge in [-0.1, -0.05) is 66.9 Å². The van der Waals surface area contributed by atoms with Gasteiger partial charge in [0.2, 0.25) is 11.8 Å². The lowest BCUT2D eigenvalue weighted by atomic mass is 10.1. The summed E-state index contributed by atoms with van der Waals surface area (Å²) in [5.74, 6) is -0.761. The monoisotopic (exact) mass is 476 g/mol. The average molecular weight is 477 g/mol. The quantitative estimate of drug-likeness (QED) is 0.373. The van der Waals surface area contributed by atoms with Gasteiger partial charge in [-0.3, -0.25) is 9.59 Å². The second kappa shape index (κ2) is 11.5. The Morgan fingerprint density at radius 2 is 1.66 bits per heavy atom. The Labute approximate surface area is 194 Å². The van der Waals surface area contributed by atoms with E-state index in [2.05, 4.69) is 5.32 Å². The highest BCUT2D eigenvalue weighted by molar-refractivity contribution is 7.91. The van der Waals surface area contributed by atoms with Crippen molar-refractivity contribution in [1.29, 1.82) is 0 Å². The van der Waals surface area contributed by atoms with E-state index in [1.807, 2.05) is 30.3 Å². The van der Waals surface area contributed by atoms with Crippen molar-refractivity contribution in [2.24, 2.45) is 0 Å². The molecule has 1 N–H and O–H groups in total. The molecule has 0 bridgehead atoms. The van der Waals surface area contributed by atoms with E-state index < -0.39 is 15.2 Å². The molecule has 0 spiro atoms. The van der Waals surface area contributed by atoms with E-state index in [1.165, 1.54) is 10.5 Å². The number of unbranched alkanes of at least 4 members (excludes halogenated alkanes) is 3. The molecule has 1 unspecified atom stereocenters. The minimum atomic E-state index is -3.55. The molecule has 0 radical (unpaired) electrons. The van der Waals surface area contributed by atoms with Gasteiger partial charge < -0.3 is 10.2 Å². The maximum absolute atomic E-state index is 12.7. The number of benzene rings is 2. The van der Waals surface area contributed by atoms with Crippen molar-refractivity contribution in [2.45, 2.75) is 49.7 Å². The van der Waals surface area contributed by atoms with Crippen molar-refractivity contribution >= 4 is 33.3 Å². The molecule has 6 nitrogen and oxygen atoms in total. The first kappa shape index (κ1) is 24.3. The van der Waals surface area contributed by atoms with Gasteiger partial charge in [0, 0.05) is 11.6 Å². The van der Waals surface area contributed by atoms with Crippen LogP contribution in [-0.4, -0.2) is 43.6 Å². The number of hydrogen-bond acceptors (Lipinski definition) is 4. The maximum Gasteiger partial charge on any atom is 0.239 e. The second-order valence-electron chi connectivity index (χ2n) is 8.11. The molecule has 1 saturated heterocycles. The Morgan fingerprint density at radius 1 is 0.969 bits per heavy atom. The van der Waals surface area contributed by atoms with Crippen molar-refractivity contribution in [2.75, 3.05) is 13.1 Å². The largest absolute Gasteiger partial charge is 0.355 e. The van der Waals surface area contributed by atoms with Crippen LogP contribution in [0, 0.1) is 0 Å². The number of rotatable bonds is 12. The molecule has 8 heteroatoms. The molecule has 2 aromatic rings. The van der Waals surface area contributed by atoms with Gasteiger partial charge in [0.15, 0.2) is 9.84 Å². The summed E-state index contributed by atoms with van der Waals surface area (Å²) in [7, 11) is -3.55. The second-order valence-corrected chi connectivity index (χ2v) is 10.7. The lowest BCUT2D eigenvalue weighted by Gasteiger charge is -2.39. The highest BCUT2D eigenvalue weighted by Crippen LogP contribution is 2.26. The number of nitrogens with one attached hydrogen (secondary N) is 1. The zero-order chi connectivity index (χ0) is 23.0. The third-order valence-electron chi connectivity index (χ3n) is 5.58. The zero-order valence-electron chi connectivity index (χ0n) is 18.0. The van der Waals surface area contributed by atoms with Crippen LogP contribution in [-0.2, 0) is 31.6 Å². The van der Waals surface area contributed by atoms with Gasteiger partial charge >= 0.3 is 0 Å². The molecule has 0 saturated carbocycles. The van der Waals surface area contributed by atoms with Crippen LogP contribution in [0.25, 0.3) is 0 Å². The number of β-lactam (4-membered cyclic amide) rings is 1.